The highest BCUT2D eigenvalue weighted by molar-refractivity contribution is 5.06. The summed E-state index contributed by atoms with van der Waals surface area (Å²) in [5.41, 5.74) is 0.875. The zero-order valence-electron chi connectivity index (χ0n) is 7.87. The van der Waals surface area contributed by atoms with Crippen molar-refractivity contribution >= 4 is 0 Å². The van der Waals surface area contributed by atoms with Crippen LogP contribution in [-0.2, 0) is 0 Å². The average Bonchev–Trinajstić information content (AvgIpc) is 2.55. The highest BCUT2D eigenvalue weighted by Gasteiger charge is 2.16. The van der Waals surface area contributed by atoms with Gasteiger partial charge in [-0.25, -0.2) is 8.78 Å². The van der Waals surface area contributed by atoms with Gasteiger partial charge in [0.05, 0.1) is 0 Å². The molecule has 74 valence electrons. The first-order chi connectivity index (χ1) is 6.20. The van der Waals surface area contributed by atoms with E-state index in [1.54, 1.807) is 12.3 Å². The van der Waals surface area contributed by atoms with E-state index in [0.29, 0.717) is 0 Å². The van der Waals surface area contributed by atoms with Crippen LogP contribution in [0.2, 0.25) is 0 Å². The van der Waals surface area contributed by atoms with Crippen molar-refractivity contribution < 1.29 is 8.78 Å². The molecule has 0 bridgehead atoms. The molecular weight excluding hydrogens is 174 g/mol. The third-order valence-corrected chi connectivity index (χ3v) is 1.99. The van der Waals surface area contributed by atoms with Gasteiger partial charge in [0, 0.05) is 11.9 Å². The van der Waals surface area contributed by atoms with Gasteiger partial charge in [0.1, 0.15) is 19.4 Å². The minimum atomic E-state index is -0.757. The second-order valence-electron chi connectivity index (χ2n) is 3.32. The summed E-state index contributed by atoms with van der Waals surface area (Å²) in [6.07, 6.45) is 1.58. The lowest BCUT2D eigenvalue weighted by atomic mass is 10.1. The SMILES string of the molecule is CC(C)c1ccnn1C(CF)CF. The summed E-state index contributed by atoms with van der Waals surface area (Å²) < 4.78 is 26.2. The van der Waals surface area contributed by atoms with E-state index >= 15 is 0 Å². The molecule has 0 aliphatic carbocycles. The van der Waals surface area contributed by atoms with E-state index in [1.165, 1.54) is 4.68 Å². The maximum absolute atomic E-state index is 12.4. The number of alkyl halides is 2. The summed E-state index contributed by atoms with van der Waals surface area (Å²) >= 11 is 0. The Morgan fingerprint density at radius 1 is 1.38 bits per heavy atom. The quantitative estimate of drug-likeness (QED) is 0.709. The monoisotopic (exact) mass is 188 g/mol. The van der Waals surface area contributed by atoms with Crippen LogP contribution in [-0.4, -0.2) is 23.1 Å². The number of rotatable bonds is 4. The maximum Gasteiger partial charge on any atom is 0.114 e. The summed E-state index contributed by atoms with van der Waals surface area (Å²) in [6.45, 7) is 2.53. The van der Waals surface area contributed by atoms with Crippen LogP contribution in [0.15, 0.2) is 12.3 Å². The summed E-state index contributed by atoms with van der Waals surface area (Å²) in [5, 5.41) is 3.92. The molecule has 0 aromatic carbocycles. The van der Waals surface area contributed by atoms with E-state index in [0.717, 1.165) is 5.69 Å². The fraction of sp³-hybridized carbons (Fsp3) is 0.667. The molecule has 1 aromatic heterocycles. The lowest BCUT2D eigenvalue weighted by Gasteiger charge is -2.15. The van der Waals surface area contributed by atoms with Crippen molar-refractivity contribution in [3.8, 4) is 0 Å². The molecule has 0 aliphatic rings. The smallest absolute Gasteiger partial charge is 0.114 e. The third-order valence-electron chi connectivity index (χ3n) is 1.99. The molecule has 13 heavy (non-hydrogen) atoms. The van der Waals surface area contributed by atoms with Gasteiger partial charge in [0.15, 0.2) is 0 Å². The minimum Gasteiger partial charge on any atom is -0.261 e. The minimum absolute atomic E-state index is 0.239. The summed E-state index contributed by atoms with van der Waals surface area (Å²) in [7, 11) is 0. The van der Waals surface area contributed by atoms with E-state index in [-0.39, 0.29) is 5.92 Å². The maximum atomic E-state index is 12.4. The largest absolute Gasteiger partial charge is 0.261 e. The second-order valence-corrected chi connectivity index (χ2v) is 3.32. The van der Waals surface area contributed by atoms with E-state index in [2.05, 4.69) is 5.10 Å². The number of hydrogen-bond acceptors (Lipinski definition) is 1. The first-order valence-corrected chi connectivity index (χ1v) is 4.36. The van der Waals surface area contributed by atoms with Gasteiger partial charge in [-0.3, -0.25) is 4.68 Å². The standard InChI is InChI=1S/C9H14F2N2/c1-7(2)9-3-4-12-13(9)8(5-10)6-11/h3-4,7-8H,5-6H2,1-2H3. The molecule has 2 nitrogen and oxygen atoms in total. The molecule has 1 rings (SSSR count). The van der Waals surface area contributed by atoms with E-state index in [1.807, 2.05) is 13.8 Å². The van der Waals surface area contributed by atoms with Crippen molar-refractivity contribution in [1.29, 1.82) is 0 Å². The van der Waals surface area contributed by atoms with Crippen molar-refractivity contribution in [3.63, 3.8) is 0 Å². The molecule has 1 heterocycles. The Hall–Kier alpha value is -0.930. The highest BCUT2D eigenvalue weighted by Crippen LogP contribution is 2.18. The van der Waals surface area contributed by atoms with Crippen molar-refractivity contribution in [2.24, 2.45) is 0 Å². The van der Waals surface area contributed by atoms with Crippen LogP contribution in [0.1, 0.15) is 31.5 Å². The van der Waals surface area contributed by atoms with Crippen LogP contribution in [0.4, 0.5) is 8.78 Å². The molecule has 0 aliphatic heterocycles. The predicted molar refractivity (Wildman–Crippen MR) is 47.3 cm³/mol. The van der Waals surface area contributed by atoms with Crippen molar-refractivity contribution in [1.82, 2.24) is 9.78 Å². The molecule has 0 saturated carbocycles. The van der Waals surface area contributed by atoms with Gasteiger partial charge in [-0.15, -0.1) is 0 Å². The summed E-state index contributed by atoms with van der Waals surface area (Å²) in [4.78, 5) is 0. The molecule has 4 heteroatoms. The first-order valence-electron chi connectivity index (χ1n) is 4.36. The Labute approximate surface area is 76.6 Å². The van der Waals surface area contributed by atoms with Crippen LogP contribution >= 0.6 is 0 Å². The van der Waals surface area contributed by atoms with Gasteiger partial charge >= 0.3 is 0 Å². The number of aromatic nitrogens is 2. The molecule has 0 amide bonds. The third kappa shape index (κ3) is 2.05. The van der Waals surface area contributed by atoms with E-state index in [9.17, 15) is 8.78 Å². The van der Waals surface area contributed by atoms with Gasteiger partial charge in [-0.1, -0.05) is 13.8 Å². The Balaban J connectivity index is 2.91. The average molecular weight is 188 g/mol. The molecule has 0 radical (unpaired) electrons. The van der Waals surface area contributed by atoms with E-state index < -0.39 is 19.4 Å². The van der Waals surface area contributed by atoms with E-state index in [4.69, 9.17) is 0 Å². The highest BCUT2D eigenvalue weighted by atomic mass is 19.1. The molecule has 0 fully saturated rings. The first kappa shape index (κ1) is 10.2. The van der Waals surface area contributed by atoms with Gasteiger partial charge < -0.3 is 0 Å². The van der Waals surface area contributed by atoms with Crippen LogP contribution in [0.5, 0.6) is 0 Å². The number of hydrogen-bond donors (Lipinski definition) is 0. The fourth-order valence-electron chi connectivity index (χ4n) is 1.26. The Kier molecular flexibility index (Phi) is 3.39. The van der Waals surface area contributed by atoms with Gasteiger partial charge in [-0.2, -0.15) is 5.10 Å². The lowest BCUT2D eigenvalue weighted by Crippen LogP contribution is -2.17. The van der Waals surface area contributed by atoms with Crippen LogP contribution in [0.25, 0.3) is 0 Å². The zero-order chi connectivity index (χ0) is 9.84. The van der Waals surface area contributed by atoms with Gasteiger partial charge in [0.2, 0.25) is 0 Å². The van der Waals surface area contributed by atoms with Crippen molar-refractivity contribution in [3.05, 3.63) is 18.0 Å². The van der Waals surface area contributed by atoms with Crippen molar-refractivity contribution in [2.45, 2.75) is 25.8 Å². The Morgan fingerprint density at radius 2 is 2.00 bits per heavy atom. The Morgan fingerprint density at radius 3 is 2.46 bits per heavy atom. The molecule has 0 unspecified atom stereocenters. The Bertz CT molecular complexity index is 254. The van der Waals surface area contributed by atoms with Crippen molar-refractivity contribution in [2.75, 3.05) is 13.3 Å². The molecule has 0 N–H and O–H groups in total. The number of nitrogens with zero attached hydrogens (tertiary/aromatic N) is 2. The lowest BCUT2D eigenvalue weighted by molar-refractivity contribution is 0.266. The second kappa shape index (κ2) is 4.35. The molecule has 0 atom stereocenters. The number of halogens is 2. The fourth-order valence-corrected chi connectivity index (χ4v) is 1.26. The molecule has 0 spiro atoms. The van der Waals surface area contributed by atoms with Crippen LogP contribution in [0.3, 0.4) is 0 Å². The zero-order valence-corrected chi connectivity index (χ0v) is 7.87. The van der Waals surface area contributed by atoms with Gasteiger partial charge in [0.25, 0.3) is 0 Å². The molecular formula is C9H14F2N2. The summed E-state index contributed by atoms with van der Waals surface area (Å²) in [6, 6.07) is 1.04. The van der Waals surface area contributed by atoms with Gasteiger partial charge in [-0.05, 0) is 12.0 Å². The van der Waals surface area contributed by atoms with Crippen LogP contribution < -0.4 is 0 Å². The summed E-state index contributed by atoms with van der Waals surface area (Å²) in [5.74, 6) is 0.239. The normalized spacial score (nSPS) is 11.5. The topological polar surface area (TPSA) is 17.8 Å². The molecule has 0 saturated heterocycles. The van der Waals surface area contributed by atoms with Crippen LogP contribution in [0, 0.1) is 0 Å². The predicted octanol–water partition coefficient (Wildman–Crippen LogP) is 2.49. The molecule has 1 aromatic rings.